The summed E-state index contributed by atoms with van der Waals surface area (Å²) in [5, 5.41) is 18.9. The number of phenolic OH excluding ortho intramolecular Hbond substituents is 2. The van der Waals surface area contributed by atoms with Gasteiger partial charge in [-0.2, -0.15) is 0 Å². The first kappa shape index (κ1) is 17.9. The van der Waals surface area contributed by atoms with E-state index in [0.717, 1.165) is 29.5 Å². The number of aromatic hydroxyl groups is 2. The Labute approximate surface area is 133 Å². The summed E-state index contributed by atoms with van der Waals surface area (Å²) in [6.07, 6.45) is 3.31. The zero-order valence-corrected chi connectivity index (χ0v) is 13.9. The van der Waals surface area contributed by atoms with Crippen molar-refractivity contribution in [2.75, 3.05) is 7.11 Å². The summed E-state index contributed by atoms with van der Waals surface area (Å²) in [4.78, 5) is 0. The molecule has 0 aromatic heterocycles. The van der Waals surface area contributed by atoms with Crippen LogP contribution in [0.4, 0.5) is 0 Å². The third-order valence-electron chi connectivity index (χ3n) is 3.54. The summed E-state index contributed by atoms with van der Waals surface area (Å²) >= 11 is 0. The van der Waals surface area contributed by atoms with E-state index in [0.29, 0.717) is 11.5 Å². The van der Waals surface area contributed by atoms with Crippen molar-refractivity contribution in [3.05, 3.63) is 53.1 Å². The van der Waals surface area contributed by atoms with E-state index in [1.807, 2.05) is 44.2 Å². The number of hydrogen-bond acceptors (Lipinski definition) is 3. The molecular formula is C19H26O3. The summed E-state index contributed by atoms with van der Waals surface area (Å²) in [6.45, 7) is 5.93. The maximum atomic E-state index is 9.62. The zero-order chi connectivity index (χ0) is 16.5. The number of aryl methyl sites for hydroxylation is 3. The van der Waals surface area contributed by atoms with E-state index < -0.39 is 0 Å². The quantitative estimate of drug-likeness (QED) is 0.856. The van der Waals surface area contributed by atoms with Crippen molar-refractivity contribution in [1.29, 1.82) is 0 Å². The van der Waals surface area contributed by atoms with Gasteiger partial charge in [0, 0.05) is 0 Å². The van der Waals surface area contributed by atoms with Crippen LogP contribution in [-0.4, -0.2) is 17.3 Å². The van der Waals surface area contributed by atoms with Gasteiger partial charge < -0.3 is 14.9 Å². The van der Waals surface area contributed by atoms with Crippen LogP contribution in [0.15, 0.2) is 36.4 Å². The molecule has 0 atom stereocenters. The predicted molar refractivity (Wildman–Crippen MR) is 90.9 cm³/mol. The largest absolute Gasteiger partial charge is 0.507 e. The van der Waals surface area contributed by atoms with E-state index >= 15 is 0 Å². The Morgan fingerprint density at radius 3 is 2.05 bits per heavy atom. The molecule has 0 spiro atoms. The van der Waals surface area contributed by atoms with E-state index in [-0.39, 0.29) is 5.75 Å². The van der Waals surface area contributed by atoms with Crippen molar-refractivity contribution in [3.8, 4) is 17.2 Å². The van der Waals surface area contributed by atoms with Gasteiger partial charge in [-0.15, -0.1) is 0 Å². The van der Waals surface area contributed by atoms with Gasteiger partial charge in [-0.1, -0.05) is 43.7 Å². The molecule has 2 N–H and O–H groups in total. The van der Waals surface area contributed by atoms with E-state index in [1.165, 1.54) is 13.5 Å². The first-order valence-corrected chi connectivity index (χ1v) is 7.61. The fourth-order valence-corrected chi connectivity index (χ4v) is 2.09. The van der Waals surface area contributed by atoms with E-state index in [4.69, 9.17) is 4.74 Å². The summed E-state index contributed by atoms with van der Waals surface area (Å²) in [6, 6.07) is 11.3. The average molecular weight is 302 g/mol. The van der Waals surface area contributed by atoms with Crippen molar-refractivity contribution >= 4 is 0 Å². The molecule has 2 aromatic rings. The standard InChI is InChI=1S/C11H16O.C8H10O2/c1-3-4-7-10-8-5-6-9(2)11(10)12;1-6-4-3-5-7(10-2)8(6)9/h5-6,8,12H,3-4,7H2,1-2H3;3-5,9H,1-2H3. The van der Waals surface area contributed by atoms with Crippen LogP contribution in [0.3, 0.4) is 0 Å². The Balaban J connectivity index is 0.000000224. The molecule has 22 heavy (non-hydrogen) atoms. The highest BCUT2D eigenvalue weighted by Crippen LogP contribution is 2.28. The number of unbranched alkanes of at least 4 members (excludes halogenated alkanes) is 1. The maximum Gasteiger partial charge on any atom is 0.160 e. The molecule has 2 rings (SSSR count). The molecule has 0 aliphatic rings. The van der Waals surface area contributed by atoms with Gasteiger partial charge in [-0.05, 0) is 49.4 Å². The first-order valence-electron chi connectivity index (χ1n) is 7.61. The number of ether oxygens (including phenoxy) is 1. The second-order valence-corrected chi connectivity index (χ2v) is 5.31. The Hall–Kier alpha value is -2.16. The molecule has 0 radical (unpaired) electrons. The minimum atomic E-state index is 0.227. The number of benzene rings is 2. The topological polar surface area (TPSA) is 49.7 Å². The number of methoxy groups -OCH3 is 1. The van der Waals surface area contributed by atoms with Crippen LogP contribution in [-0.2, 0) is 6.42 Å². The Kier molecular flexibility index (Phi) is 7.30. The lowest BCUT2D eigenvalue weighted by atomic mass is 10.0. The minimum Gasteiger partial charge on any atom is -0.507 e. The van der Waals surface area contributed by atoms with E-state index in [9.17, 15) is 10.2 Å². The highest BCUT2D eigenvalue weighted by Gasteiger charge is 2.02. The van der Waals surface area contributed by atoms with Gasteiger partial charge in [-0.3, -0.25) is 0 Å². The molecule has 3 heteroatoms. The van der Waals surface area contributed by atoms with Gasteiger partial charge in [0.05, 0.1) is 7.11 Å². The van der Waals surface area contributed by atoms with Crippen LogP contribution in [0.5, 0.6) is 17.2 Å². The lowest BCUT2D eigenvalue weighted by molar-refractivity contribution is 0.372. The molecule has 120 valence electrons. The summed E-state index contributed by atoms with van der Waals surface area (Å²) < 4.78 is 4.88. The molecule has 0 saturated heterocycles. The van der Waals surface area contributed by atoms with E-state index in [1.54, 1.807) is 6.07 Å². The number of phenols is 2. The number of hydrogen-bond donors (Lipinski definition) is 2. The SMILES string of the molecule is CCCCc1cccc(C)c1O.COc1cccc(C)c1O. The van der Waals surface area contributed by atoms with E-state index in [2.05, 4.69) is 6.92 Å². The third kappa shape index (κ3) is 4.99. The maximum absolute atomic E-state index is 9.62. The highest BCUT2D eigenvalue weighted by atomic mass is 16.5. The minimum absolute atomic E-state index is 0.227. The lowest BCUT2D eigenvalue weighted by Crippen LogP contribution is -1.87. The summed E-state index contributed by atoms with van der Waals surface area (Å²) in [5.41, 5.74) is 2.89. The van der Waals surface area contributed by atoms with Crippen LogP contribution in [0.1, 0.15) is 36.5 Å². The molecule has 0 aliphatic heterocycles. The first-order chi connectivity index (χ1) is 10.5. The van der Waals surface area contributed by atoms with Crippen LogP contribution >= 0.6 is 0 Å². The van der Waals surface area contributed by atoms with Gasteiger partial charge in [0.1, 0.15) is 5.75 Å². The van der Waals surface area contributed by atoms with Crippen molar-refractivity contribution in [3.63, 3.8) is 0 Å². The second-order valence-electron chi connectivity index (χ2n) is 5.31. The van der Waals surface area contributed by atoms with Crippen LogP contribution in [0.25, 0.3) is 0 Å². The molecule has 0 fully saturated rings. The van der Waals surface area contributed by atoms with Gasteiger partial charge >= 0.3 is 0 Å². The lowest BCUT2D eigenvalue weighted by Gasteiger charge is -2.05. The van der Waals surface area contributed by atoms with Gasteiger partial charge in [0.15, 0.2) is 11.5 Å². The second kappa shape index (κ2) is 8.98. The molecule has 3 nitrogen and oxygen atoms in total. The van der Waals surface area contributed by atoms with Crippen molar-refractivity contribution < 1.29 is 14.9 Å². The molecule has 0 bridgehead atoms. The normalized spacial score (nSPS) is 9.82. The summed E-state index contributed by atoms with van der Waals surface area (Å²) in [5.74, 6) is 1.23. The number of rotatable bonds is 4. The molecule has 0 saturated carbocycles. The number of para-hydroxylation sites is 2. The van der Waals surface area contributed by atoms with Crippen molar-refractivity contribution in [1.82, 2.24) is 0 Å². The fourth-order valence-electron chi connectivity index (χ4n) is 2.09. The monoisotopic (exact) mass is 302 g/mol. The Bertz CT molecular complexity index is 591. The molecular weight excluding hydrogens is 276 g/mol. The van der Waals surface area contributed by atoms with Crippen molar-refractivity contribution in [2.24, 2.45) is 0 Å². The molecule has 0 heterocycles. The average Bonchev–Trinajstić information content (AvgIpc) is 2.52. The smallest absolute Gasteiger partial charge is 0.160 e. The predicted octanol–water partition coefficient (Wildman–Crippen LogP) is 4.75. The zero-order valence-electron chi connectivity index (χ0n) is 13.9. The van der Waals surface area contributed by atoms with Gasteiger partial charge in [0.2, 0.25) is 0 Å². The Morgan fingerprint density at radius 1 is 0.909 bits per heavy atom. The molecule has 2 aromatic carbocycles. The van der Waals surface area contributed by atoms with Gasteiger partial charge in [-0.25, -0.2) is 0 Å². The van der Waals surface area contributed by atoms with Crippen LogP contribution in [0.2, 0.25) is 0 Å². The molecule has 0 unspecified atom stereocenters. The van der Waals surface area contributed by atoms with Crippen molar-refractivity contribution in [2.45, 2.75) is 40.0 Å². The summed E-state index contributed by atoms with van der Waals surface area (Å²) in [7, 11) is 1.54. The third-order valence-corrected chi connectivity index (χ3v) is 3.54. The van der Waals surface area contributed by atoms with Crippen LogP contribution < -0.4 is 4.74 Å². The van der Waals surface area contributed by atoms with Gasteiger partial charge in [0.25, 0.3) is 0 Å². The Morgan fingerprint density at radius 2 is 1.50 bits per heavy atom. The van der Waals surface area contributed by atoms with Crippen LogP contribution in [0, 0.1) is 13.8 Å². The highest BCUT2D eigenvalue weighted by molar-refractivity contribution is 5.44. The molecule has 0 amide bonds. The fraction of sp³-hybridized carbons (Fsp3) is 0.368. The molecule has 0 aliphatic carbocycles.